The number of aliphatic carboxylic acids is 1. The highest BCUT2D eigenvalue weighted by Gasteiger charge is 2.54. The molecule has 38 heavy (non-hydrogen) atoms. The van der Waals surface area contributed by atoms with E-state index in [1.165, 1.54) is 11.1 Å². The smallest absolute Gasteiger partial charge is 0.329 e. The number of aromatic nitrogens is 1. The van der Waals surface area contributed by atoms with E-state index in [2.05, 4.69) is 48.4 Å². The van der Waals surface area contributed by atoms with Gasteiger partial charge in [-0.2, -0.15) is 0 Å². The molecule has 1 saturated carbocycles. The Bertz CT molecular complexity index is 1250. The third kappa shape index (κ3) is 5.26. The van der Waals surface area contributed by atoms with Crippen LogP contribution in [0.5, 0.6) is 5.75 Å². The molecule has 2 aliphatic carbocycles. The largest absolute Gasteiger partial charge is 0.493 e. The monoisotopic (exact) mass is 532 g/mol. The minimum Gasteiger partial charge on any atom is -0.493 e. The molecular formula is C32H37ClN2O3. The van der Waals surface area contributed by atoms with Gasteiger partial charge in [0.25, 0.3) is 0 Å². The molecule has 200 valence electrons. The minimum atomic E-state index is -1.00. The highest BCUT2D eigenvalue weighted by molar-refractivity contribution is 6.30. The maximum Gasteiger partial charge on any atom is 0.329 e. The van der Waals surface area contributed by atoms with Crippen LogP contribution in [-0.4, -0.2) is 28.2 Å². The lowest BCUT2D eigenvalue weighted by molar-refractivity contribution is -0.144. The Hall–Kier alpha value is -3.05. The number of carboxylic acids is 1. The van der Waals surface area contributed by atoms with Crippen LogP contribution in [0, 0.1) is 17.8 Å². The Morgan fingerprint density at radius 1 is 1.08 bits per heavy atom. The first-order valence-electron chi connectivity index (χ1n) is 13.7. The summed E-state index contributed by atoms with van der Waals surface area (Å²) in [6.07, 6.45) is 8.43. The molecule has 0 bridgehead atoms. The summed E-state index contributed by atoms with van der Waals surface area (Å²) in [4.78, 5) is 16.8. The van der Waals surface area contributed by atoms with E-state index in [4.69, 9.17) is 16.3 Å². The summed E-state index contributed by atoms with van der Waals surface area (Å²) in [6.45, 7) is 5.22. The number of rotatable bonds is 9. The summed E-state index contributed by atoms with van der Waals surface area (Å²) >= 11 is 6.20. The van der Waals surface area contributed by atoms with Gasteiger partial charge in [-0.1, -0.05) is 55.8 Å². The predicted octanol–water partition coefficient (Wildman–Crippen LogP) is 7.40. The molecule has 2 N–H and O–H groups in total. The van der Waals surface area contributed by atoms with Crippen molar-refractivity contribution in [3.05, 3.63) is 89.2 Å². The molecule has 0 radical (unpaired) electrons. The zero-order chi connectivity index (χ0) is 26.8. The zero-order valence-electron chi connectivity index (χ0n) is 22.2. The number of benzene rings is 2. The fourth-order valence-electron chi connectivity index (χ4n) is 6.74. The van der Waals surface area contributed by atoms with Crippen LogP contribution in [0.15, 0.2) is 73.1 Å². The van der Waals surface area contributed by atoms with Crippen LogP contribution in [0.1, 0.15) is 57.1 Å². The van der Waals surface area contributed by atoms with Crippen molar-refractivity contribution < 1.29 is 14.6 Å². The summed E-state index contributed by atoms with van der Waals surface area (Å²) in [5, 5.41) is 14.4. The zero-order valence-corrected chi connectivity index (χ0v) is 23.0. The number of hydrogen-bond donors (Lipinski definition) is 2. The molecule has 2 atom stereocenters. The van der Waals surface area contributed by atoms with E-state index in [1.807, 2.05) is 24.3 Å². The molecule has 3 aromatic rings. The molecular weight excluding hydrogens is 496 g/mol. The van der Waals surface area contributed by atoms with E-state index >= 15 is 0 Å². The summed E-state index contributed by atoms with van der Waals surface area (Å²) in [5.74, 6) is 1.39. The summed E-state index contributed by atoms with van der Waals surface area (Å²) in [6, 6.07) is 20.0. The fraction of sp³-hybridized carbons (Fsp3) is 0.438. The number of nitrogens with zero attached hydrogens (tertiary/aromatic N) is 1. The van der Waals surface area contributed by atoms with Gasteiger partial charge in [0.1, 0.15) is 11.3 Å². The third-order valence-electron chi connectivity index (χ3n) is 9.06. The molecule has 6 heteroatoms. The van der Waals surface area contributed by atoms with Crippen LogP contribution in [0.3, 0.4) is 0 Å². The number of carbonyl (C=O) groups is 1. The first-order valence-corrected chi connectivity index (χ1v) is 14.1. The number of anilines is 1. The van der Waals surface area contributed by atoms with Crippen molar-refractivity contribution in [3.8, 4) is 5.75 Å². The lowest BCUT2D eigenvalue weighted by atomic mass is 9.59. The van der Waals surface area contributed by atoms with E-state index in [1.54, 1.807) is 24.5 Å². The van der Waals surface area contributed by atoms with Gasteiger partial charge in [-0.05, 0) is 103 Å². The fourth-order valence-corrected chi connectivity index (χ4v) is 6.94. The molecule has 1 spiro atoms. The van der Waals surface area contributed by atoms with Crippen molar-refractivity contribution >= 4 is 23.3 Å². The number of carboxylic acid groups (broad SMARTS) is 1. The normalized spacial score (nSPS) is 25.2. The number of ether oxygens (including phenoxy) is 1. The second kappa shape index (κ2) is 11.0. The predicted molar refractivity (Wildman–Crippen MR) is 152 cm³/mol. The van der Waals surface area contributed by atoms with Gasteiger partial charge in [0.15, 0.2) is 0 Å². The Morgan fingerprint density at radius 2 is 1.82 bits per heavy atom. The van der Waals surface area contributed by atoms with Crippen LogP contribution >= 0.6 is 11.6 Å². The number of halogens is 1. The van der Waals surface area contributed by atoms with Crippen LogP contribution < -0.4 is 10.1 Å². The average Bonchev–Trinajstić information content (AvgIpc) is 3.21. The standard InChI is InChI=1S/C32H37ClN2O3/c1-22(2)24(21-38-28-10-16-34-17-11-28)19-25-18-23-6-3-4-9-29(23)31(25)12-14-32(15-13-31,30(36)37)35-27-8-5-7-26(33)20-27/h3-11,16-17,20,22,24-25,35H,12-15,18-19,21H2,1-2H3,(H,36,37)/t24-,25-,31?,32?/m1/s1. The summed E-state index contributed by atoms with van der Waals surface area (Å²) < 4.78 is 6.19. The van der Waals surface area contributed by atoms with Crippen molar-refractivity contribution in [3.63, 3.8) is 0 Å². The molecule has 0 saturated heterocycles. The van der Waals surface area contributed by atoms with Gasteiger partial charge in [0, 0.05) is 23.1 Å². The quantitative estimate of drug-likeness (QED) is 0.300. The number of fused-ring (bicyclic) bond motifs is 2. The van der Waals surface area contributed by atoms with Gasteiger partial charge in [-0.25, -0.2) is 4.79 Å². The van der Waals surface area contributed by atoms with Gasteiger partial charge >= 0.3 is 5.97 Å². The maximum atomic E-state index is 12.7. The molecule has 2 aromatic carbocycles. The van der Waals surface area contributed by atoms with Gasteiger partial charge in [0.2, 0.25) is 0 Å². The number of hydrogen-bond acceptors (Lipinski definition) is 4. The Labute approximate surface area is 230 Å². The SMILES string of the molecule is CC(C)[C@@H](COc1ccncc1)C[C@H]1Cc2ccccc2C12CCC(Nc1cccc(Cl)c1)(C(=O)O)CC2. The van der Waals surface area contributed by atoms with E-state index in [9.17, 15) is 9.90 Å². The molecule has 5 rings (SSSR count). The minimum absolute atomic E-state index is 0.0185. The van der Waals surface area contributed by atoms with Gasteiger partial charge in [-0.15, -0.1) is 0 Å². The Morgan fingerprint density at radius 3 is 2.50 bits per heavy atom. The maximum absolute atomic E-state index is 12.7. The number of nitrogens with one attached hydrogen (secondary N) is 1. The molecule has 0 unspecified atom stereocenters. The number of pyridine rings is 1. The first-order chi connectivity index (χ1) is 18.3. The van der Waals surface area contributed by atoms with E-state index in [0.29, 0.717) is 42.2 Å². The highest BCUT2D eigenvalue weighted by atomic mass is 35.5. The van der Waals surface area contributed by atoms with Crippen LogP contribution in [0.2, 0.25) is 5.02 Å². The van der Waals surface area contributed by atoms with Crippen molar-refractivity contribution in [1.29, 1.82) is 0 Å². The van der Waals surface area contributed by atoms with Crippen LogP contribution in [0.4, 0.5) is 5.69 Å². The molecule has 0 aliphatic heterocycles. The summed E-state index contributed by atoms with van der Waals surface area (Å²) in [7, 11) is 0. The van der Waals surface area contributed by atoms with Crippen molar-refractivity contribution in [2.24, 2.45) is 17.8 Å². The molecule has 0 amide bonds. The lowest BCUT2D eigenvalue weighted by Crippen LogP contribution is -2.53. The van der Waals surface area contributed by atoms with Gasteiger partial charge in [-0.3, -0.25) is 4.98 Å². The van der Waals surface area contributed by atoms with Crippen LogP contribution in [0.25, 0.3) is 0 Å². The molecule has 1 aromatic heterocycles. The van der Waals surface area contributed by atoms with E-state index in [0.717, 1.165) is 37.1 Å². The Balaban J connectivity index is 1.38. The highest BCUT2D eigenvalue weighted by Crippen LogP contribution is 2.56. The van der Waals surface area contributed by atoms with E-state index < -0.39 is 11.5 Å². The van der Waals surface area contributed by atoms with Crippen molar-refractivity contribution in [1.82, 2.24) is 4.98 Å². The average molecular weight is 533 g/mol. The molecule has 1 fully saturated rings. The summed E-state index contributed by atoms with van der Waals surface area (Å²) in [5.41, 5.74) is 2.58. The molecule has 1 heterocycles. The van der Waals surface area contributed by atoms with Gasteiger partial charge in [0.05, 0.1) is 6.61 Å². The van der Waals surface area contributed by atoms with Crippen molar-refractivity contribution in [2.75, 3.05) is 11.9 Å². The van der Waals surface area contributed by atoms with E-state index in [-0.39, 0.29) is 5.41 Å². The Kier molecular flexibility index (Phi) is 7.67. The van der Waals surface area contributed by atoms with Gasteiger partial charge < -0.3 is 15.2 Å². The second-order valence-electron chi connectivity index (χ2n) is 11.5. The molecule has 5 nitrogen and oxygen atoms in total. The first kappa shape index (κ1) is 26.6. The lowest BCUT2D eigenvalue weighted by Gasteiger charge is -2.47. The second-order valence-corrected chi connectivity index (χ2v) is 11.9. The van der Waals surface area contributed by atoms with Crippen molar-refractivity contribution in [2.45, 2.75) is 63.3 Å². The molecule has 2 aliphatic rings. The third-order valence-corrected chi connectivity index (χ3v) is 9.29. The van der Waals surface area contributed by atoms with Crippen LogP contribution in [-0.2, 0) is 16.6 Å². The topological polar surface area (TPSA) is 71.5 Å².